The number of benzene rings is 1. The molecule has 212 valence electrons. The monoisotopic (exact) mass is 573 g/mol. The van der Waals surface area contributed by atoms with Gasteiger partial charge in [0.25, 0.3) is 0 Å². The summed E-state index contributed by atoms with van der Waals surface area (Å²) in [5, 5.41) is 12.7. The molecule has 1 aromatic heterocycles. The second-order valence-electron chi connectivity index (χ2n) is 9.81. The molecule has 4 aliphatic heterocycles. The summed E-state index contributed by atoms with van der Waals surface area (Å²) in [6, 6.07) is 5.72. The summed E-state index contributed by atoms with van der Waals surface area (Å²) >= 11 is 0. The lowest BCUT2D eigenvalue weighted by molar-refractivity contribution is 0.124. The van der Waals surface area contributed by atoms with Crippen molar-refractivity contribution in [3.63, 3.8) is 0 Å². The molecule has 40 heavy (non-hydrogen) atoms. The number of fused-ring (bicyclic) bond motifs is 2. The van der Waals surface area contributed by atoms with Gasteiger partial charge in [-0.25, -0.2) is 37.8 Å². The summed E-state index contributed by atoms with van der Waals surface area (Å²) in [6.45, 7) is 3.61. The van der Waals surface area contributed by atoms with E-state index in [1.165, 1.54) is 5.57 Å². The van der Waals surface area contributed by atoms with Crippen molar-refractivity contribution in [3.05, 3.63) is 83.0 Å². The van der Waals surface area contributed by atoms with Crippen LogP contribution in [0.3, 0.4) is 0 Å². The van der Waals surface area contributed by atoms with Crippen LogP contribution in [0.4, 0.5) is 14.6 Å². The van der Waals surface area contributed by atoms with E-state index in [1.54, 1.807) is 6.20 Å². The number of anilines is 1. The van der Waals surface area contributed by atoms with Crippen LogP contribution in [0.1, 0.15) is 18.9 Å². The van der Waals surface area contributed by atoms with Gasteiger partial charge < -0.3 is 14.7 Å². The van der Waals surface area contributed by atoms with Crippen molar-refractivity contribution in [2.45, 2.75) is 36.6 Å². The van der Waals surface area contributed by atoms with Crippen LogP contribution in [0.25, 0.3) is 5.57 Å². The van der Waals surface area contributed by atoms with E-state index in [2.05, 4.69) is 26.0 Å². The fourth-order valence-corrected chi connectivity index (χ4v) is 6.82. The molecule has 0 radical (unpaired) electrons. The van der Waals surface area contributed by atoms with E-state index >= 15 is 0 Å². The van der Waals surface area contributed by atoms with Crippen LogP contribution in [0.5, 0.6) is 0 Å². The fraction of sp³-hybridized carbons (Fsp3) is 0.346. The molecule has 5 N–H and O–H groups in total. The van der Waals surface area contributed by atoms with Crippen molar-refractivity contribution < 1.29 is 27.0 Å². The SMILES string of the molecule is CCOC1=CN2NC3NNCC3=C2C(c2ccc(N3CC[C@H](NS(=O)(=O)c4c(F)cccc4F)[C@H](O)C3)nc2)=C1. The number of nitrogens with zero attached hydrogens (tertiary/aromatic N) is 3. The predicted molar refractivity (Wildman–Crippen MR) is 142 cm³/mol. The topological polar surface area (TPSA) is 131 Å². The standard InChI is InChI=1S/C26H29F2N7O4S/c1-2-39-16-10-17(24-18-12-30-31-26(18)32-35(24)13-16)15-6-7-23(29-11-15)34-9-8-21(22(36)14-34)33-40(37,38)25-19(27)4-3-5-20(25)28/h3-7,10-11,13,21-22,26,30-33,36H,2,8-9,12,14H2,1H3/t21-,22+,26?/m0/s1. The van der Waals surface area contributed by atoms with Crippen molar-refractivity contribution in [1.29, 1.82) is 0 Å². The smallest absolute Gasteiger partial charge is 0.246 e. The van der Waals surface area contributed by atoms with Gasteiger partial charge in [-0.3, -0.25) is 10.4 Å². The maximum absolute atomic E-state index is 14.1. The third-order valence-electron chi connectivity index (χ3n) is 7.25. The molecule has 3 atom stereocenters. The van der Waals surface area contributed by atoms with Crippen molar-refractivity contribution in [1.82, 2.24) is 31.0 Å². The Morgan fingerprint density at radius 1 is 1.23 bits per heavy atom. The maximum atomic E-state index is 14.1. The van der Waals surface area contributed by atoms with Gasteiger partial charge in [0.15, 0.2) is 4.90 Å². The molecule has 2 aromatic rings. The summed E-state index contributed by atoms with van der Waals surface area (Å²) < 4.78 is 61.5. The third kappa shape index (κ3) is 4.87. The normalized spacial score (nSPS) is 24.6. The van der Waals surface area contributed by atoms with Gasteiger partial charge in [-0.2, -0.15) is 0 Å². The number of halogens is 2. The second-order valence-corrected chi connectivity index (χ2v) is 11.5. The highest BCUT2D eigenvalue weighted by molar-refractivity contribution is 7.89. The van der Waals surface area contributed by atoms with Gasteiger partial charge in [-0.1, -0.05) is 6.07 Å². The molecule has 1 aromatic carbocycles. The summed E-state index contributed by atoms with van der Waals surface area (Å²) in [7, 11) is -4.51. The molecule has 0 amide bonds. The fourth-order valence-electron chi connectivity index (χ4n) is 5.38. The highest BCUT2D eigenvalue weighted by atomic mass is 32.2. The number of nitrogens with one attached hydrogen (secondary N) is 4. The summed E-state index contributed by atoms with van der Waals surface area (Å²) in [4.78, 5) is 5.43. The lowest BCUT2D eigenvalue weighted by Gasteiger charge is -2.36. The first-order valence-electron chi connectivity index (χ1n) is 12.9. The van der Waals surface area contributed by atoms with Gasteiger partial charge in [-0.15, -0.1) is 0 Å². The minimum absolute atomic E-state index is 0.0297. The largest absolute Gasteiger partial charge is 0.492 e. The Kier molecular flexibility index (Phi) is 7.06. The van der Waals surface area contributed by atoms with E-state index < -0.39 is 38.7 Å². The Morgan fingerprint density at radius 2 is 2.02 bits per heavy atom. The Labute approximate surface area is 230 Å². The quantitative estimate of drug-likeness (QED) is 0.328. The number of hydrogen-bond acceptors (Lipinski definition) is 10. The Bertz CT molecular complexity index is 1490. The minimum atomic E-state index is -4.51. The number of aliphatic hydroxyl groups is 1. The zero-order valence-corrected chi connectivity index (χ0v) is 22.4. The van der Waals surface area contributed by atoms with Crippen molar-refractivity contribution in [2.24, 2.45) is 0 Å². The van der Waals surface area contributed by atoms with Crippen molar-refractivity contribution >= 4 is 21.4 Å². The number of sulfonamides is 1. The summed E-state index contributed by atoms with van der Waals surface area (Å²) in [6.07, 6.45) is 4.72. The highest BCUT2D eigenvalue weighted by Crippen LogP contribution is 2.38. The molecule has 2 saturated heterocycles. The van der Waals surface area contributed by atoms with E-state index in [4.69, 9.17) is 4.74 Å². The van der Waals surface area contributed by atoms with E-state index in [0.29, 0.717) is 31.3 Å². The molecule has 11 nitrogen and oxygen atoms in total. The first-order chi connectivity index (χ1) is 19.2. The van der Waals surface area contributed by atoms with Gasteiger partial charge in [-0.05, 0) is 43.7 Å². The maximum Gasteiger partial charge on any atom is 0.246 e. The number of pyridine rings is 1. The summed E-state index contributed by atoms with van der Waals surface area (Å²) in [5.74, 6) is -1.05. The van der Waals surface area contributed by atoms with Gasteiger partial charge in [0, 0.05) is 42.5 Å². The molecule has 6 rings (SSSR count). The van der Waals surface area contributed by atoms with Crippen molar-refractivity contribution in [2.75, 3.05) is 31.1 Å². The molecule has 5 heterocycles. The van der Waals surface area contributed by atoms with Gasteiger partial charge >= 0.3 is 0 Å². The molecule has 0 bridgehead atoms. The lowest BCUT2D eigenvalue weighted by Crippen LogP contribution is -2.54. The van der Waals surface area contributed by atoms with Crippen LogP contribution in [-0.4, -0.2) is 68.1 Å². The molecule has 0 spiro atoms. The van der Waals surface area contributed by atoms with Crippen LogP contribution >= 0.6 is 0 Å². The average Bonchev–Trinajstić information content (AvgIpc) is 3.51. The minimum Gasteiger partial charge on any atom is -0.492 e. The molecular formula is C26H29F2N7O4S. The number of β-amino-alcohol motifs (C(OH)–C–C–N with tert-alkyl or cyclic N) is 1. The highest BCUT2D eigenvalue weighted by Gasteiger charge is 2.38. The van der Waals surface area contributed by atoms with Gasteiger partial charge in [0.05, 0.1) is 30.6 Å². The lowest BCUT2D eigenvalue weighted by atomic mass is 9.97. The number of allylic oxidation sites excluding steroid dienone is 2. The van der Waals surface area contributed by atoms with Gasteiger partial charge in [0.1, 0.15) is 29.4 Å². The first kappa shape index (κ1) is 26.8. The summed E-state index contributed by atoms with van der Waals surface area (Å²) in [5.41, 5.74) is 13.8. The van der Waals surface area contributed by atoms with E-state index in [-0.39, 0.29) is 19.1 Å². The number of ether oxygens (including phenoxy) is 1. The number of piperidine rings is 1. The number of aliphatic hydroxyl groups excluding tert-OH is 1. The number of hydrogen-bond donors (Lipinski definition) is 5. The van der Waals surface area contributed by atoms with Crippen LogP contribution < -0.4 is 25.9 Å². The molecule has 2 fully saturated rings. The number of aromatic nitrogens is 1. The molecule has 14 heteroatoms. The zero-order chi connectivity index (χ0) is 28.0. The van der Waals surface area contributed by atoms with Crippen LogP contribution in [0, 0.1) is 11.6 Å². The van der Waals surface area contributed by atoms with Crippen LogP contribution in [-0.2, 0) is 14.8 Å². The predicted octanol–water partition coefficient (Wildman–Crippen LogP) is 1.06. The number of rotatable bonds is 7. The Balaban J connectivity index is 1.17. The average molecular weight is 574 g/mol. The Morgan fingerprint density at radius 3 is 2.73 bits per heavy atom. The van der Waals surface area contributed by atoms with Gasteiger partial charge in [0.2, 0.25) is 10.0 Å². The van der Waals surface area contributed by atoms with E-state index in [1.807, 2.05) is 41.2 Å². The van der Waals surface area contributed by atoms with Crippen LogP contribution in [0.15, 0.2) is 70.7 Å². The Hall–Kier alpha value is -3.40. The molecule has 0 saturated carbocycles. The first-order valence-corrected chi connectivity index (χ1v) is 14.4. The second kappa shape index (κ2) is 10.5. The number of hydrazine groups is 2. The molecular weight excluding hydrogens is 544 g/mol. The molecule has 0 aliphatic carbocycles. The van der Waals surface area contributed by atoms with Crippen LogP contribution in [0.2, 0.25) is 0 Å². The molecule has 1 unspecified atom stereocenters. The van der Waals surface area contributed by atoms with E-state index in [9.17, 15) is 22.3 Å². The molecule has 4 aliphatic rings. The zero-order valence-electron chi connectivity index (χ0n) is 21.6. The van der Waals surface area contributed by atoms with E-state index in [0.717, 1.165) is 35.0 Å². The van der Waals surface area contributed by atoms with Crippen molar-refractivity contribution in [3.8, 4) is 0 Å². The third-order valence-corrected chi connectivity index (χ3v) is 8.80.